The predicted octanol–water partition coefficient (Wildman–Crippen LogP) is 3.20. The summed E-state index contributed by atoms with van der Waals surface area (Å²) >= 11 is 0. The van der Waals surface area contributed by atoms with Crippen LogP contribution in [0.4, 0.5) is 4.39 Å². The molecule has 0 saturated carbocycles. The third kappa shape index (κ3) is 5.08. The first-order valence-corrected chi connectivity index (χ1v) is 10.5. The number of carbonyl (C=O) groups excluding carboxylic acids is 1. The molecule has 0 N–H and O–H groups in total. The number of aryl methyl sites for hydroxylation is 1. The van der Waals surface area contributed by atoms with Crippen molar-refractivity contribution in [1.82, 2.24) is 29.5 Å². The maximum Gasteiger partial charge on any atom is 0.341 e. The van der Waals surface area contributed by atoms with E-state index in [-0.39, 0.29) is 18.4 Å². The normalized spacial score (nSPS) is 11.0. The second-order valence-corrected chi connectivity index (χ2v) is 7.04. The number of hydrogen-bond acceptors (Lipinski definition) is 8. The second kappa shape index (κ2) is 10.1. The van der Waals surface area contributed by atoms with Crippen LogP contribution in [0.1, 0.15) is 30.1 Å². The number of nitrogens with zero attached hydrogens (tertiary/aromatic N) is 6. The van der Waals surface area contributed by atoms with Crippen molar-refractivity contribution in [2.45, 2.75) is 26.3 Å². The molecule has 3 heterocycles. The van der Waals surface area contributed by atoms with Crippen molar-refractivity contribution in [3.05, 3.63) is 54.2 Å². The maximum absolute atomic E-state index is 12.9. The molecule has 3 aromatic heterocycles. The standard InChI is InChI=1S/C22H23FN6O4/c1-3-32-21(30)15-12-24-29(14-15)22-26-18-13-25-28(19(18)20(27-22)31-2)10-4-5-11-33-17-8-6-16(23)7-9-17/h6-9,12-14H,3-5,10-11H2,1-2H3. The molecule has 0 amide bonds. The molecule has 1 aromatic carbocycles. The van der Waals surface area contributed by atoms with Gasteiger partial charge in [-0.25, -0.2) is 18.9 Å². The lowest BCUT2D eigenvalue weighted by Crippen LogP contribution is -2.07. The number of rotatable bonds is 10. The van der Waals surface area contributed by atoms with Gasteiger partial charge in [-0.05, 0) is 44.0 Å². The minimum Gasteiger partial charge on any atom is -0.494 e. The summed E-state index contributed by atoms with van der Waals surface area (Å²) in [6.07, 6.45) is 6.11. The lowest BCUT2D eigenvalue weighted by atomic mass is 10.3. The van der Waals surface area contributed by atoms with Crippen LogP contribution in [-0.2, 0) is 11.3 Å². The number of halogens is 1. The van der Waals surface area contributed by atoms with Crippen molar-refractivity contribution < 1.29 is 23.4 Å². The molecule has 0 radical (unpaired) electrons. The van der Waals surface area contributed by atoms with Gasteiger partial charge in [0.2, 0.25) is 5.88 Å². The smallest absolute Gasteiger partial charge is 0.341 e. The minimum atomic E-state index is -0.465. The fourth-order valence-corrected chi connectivity index (χ4v) is 3.20. The molecule has 4 rings (SSSR count). The summed E-state index contributed by atoms with van der Waals surface area (Å²) in [5.74, 6) is 0.478. The van der Waals surface area contributed by atoms with Crippen LogP contribution in [0.3, 0.4) is 0 Å². The summed E-state index contributed by atoms with van der Waals surface area (Å²) in [5.41, 5.74) is 1.56. The zero-order valence-electron chi connectivity index (χ0n) is 18.3. The molecule has 0 aliphatic carbocycles. The monoisotopic (exact) mass is 454 g/mol. The Morgan fingerprint density at radius 2 is 1.91 bits per heavy atom. The second-order valence-electron chi connectivity index (χ2n) is 7.04. The van der Waals surface area contributed by atoms with Crippen molar-refractivity contribution in [3.63, 3.8) is 0 Å². The fraction of sp³-hybridized carbons (Fsp3) is 0.318. The van der Waals surface area contributed by atoms with Crippen molar-refractivity contribution in [1.29, 1.82) is 0 Å². The van der Waals surface area contributed by atoms with Crippen molar-refractivity contribution in [2.24, 2.45) is 0 Å². The Hall–Kier alpha value is -4.02. The van der Waals surface area contributed by atoms with Gasteiger partial charge in [0, 0.05) is 12.7 Å². The zero-order valence-corrected chi connectivity index (χ0v) is 18.3. The van der Waals surface area contributed by atoms with Crippen LogP contribution in [0.2, 0.25) is 0 Å². The summed E-state index contributed by atoms with van der Waals surface area (Å²) in [7, 11) is 1.52. The van der Waals surface area contributed by atoms with Gasteiger partial charge in [0.05, 0.1) is 38.3 Å². The molecule has 0 aliphatic heterocycles. The maximum atomic E-state index is 12.9. The Labute approximate surface area is 188 Å². The van der Waals surface area contributed by atoms with Gasteiger partial charge < -0.3 is 14.2 Å². The molecule has 10 nitrogen and oxygen atoms in total. The van der Waals surface area contributed by atoms with Crippen LogP contribution in [0.5, 0.6) is 11.6 Å². The van der Waals surface area contributed by atoms with Crippen molar-refractivity contribution in [3.8, 4) is 17.6 Å². The van der Waals surface area contributed by atoms with E-state index >= 15 is 0 Å². The Balaban J connectivity index is 1.43. The largest absolute Gasteiger partial charge is 0.494 e. The van der Waals surface area contributed by atoms with E-state index in [0.717, 1.165) is 12.8 Å². The van der Waals surface area contributed by atoms with Crippen LogP contribution in [0, 0.1) is 5.82 Å². The molecule has 0 fully saturated rings. The third-order valence-electron chi connectivity index (χ3n) is 4.78. The third-order valence-corrected chi connectivity index (χ3v) is 4.78. The van der Waals surface area contributed by atoms with Crippen LogP contribution in [-0.4, -0.2) is 55.8 Å². The first-order chi connectivity index (χ1) is 16.1. The van der Waals surface area contributed by atoms with E-state index in [4.69, 9.17) is 14.2 Å². The molecule has 11 heteroatoms. The highest BCUT2D eigenvalue weighted by Gasteiger charge is 2.17. The highest BCUT2D eigenvalue weighted by molar-refractivity contribution is 5.88. The number of methoxy groups -OCH3 is 1. The van der Waals surface area contributed by atoms with Gasteiger partial charge in [-0.3, -0.25) is 4.68 Å². The number of ether oxygens (including phenoxy) is 3. The van der Waals surface area contributed by atoms with Crippen molar-refractivity contribution >= 4 is 17.0 Å². The SMILES string of the molecule is CCOC(=O)c1cnn(-c2nc(OC)c3c(cnn3CCCCOc3ccc(F)cc3)n2)c1. The van der Waals surface area contributed by atoms with Crippen LogP contribution in [0.25, 0.3) is 17.0 Å². The molecular weight excluding hydrogens is 431 g/mol. The molecule has 0 unspecified atom stereocenters. The zero-order chi connectivity index (χ0) is 23.2. The molecule has 0 bridgehead atoms. The topological polar surface area (TPSA) is 106 Å². The number of aromatic nitrogens is 6. The average Bonchev–Trinajstić information content (AvgIpc) is 3.47. The van der Waals surface area contributed by atoms with Gasteiger partial charge in [0.25, 0.3) is 5.95 Å². The number of esters is 1. The number of hydrogen-bond donors (Lipinski definition) is 0. The lowest BCUT2D eigenvalue weighted by Gasteiger charge is -2.09. The summed E-state index contributed by atoms with van der Waals surface area (Å²) in [5, 5.41) is 8.56. The average molecular weight is 454 g/mol. The van der Waals surface area contributed by atoms with E-state index in [0.29, 0.717) is 41.4 Å². The van der Waals surface area contributed by atoms with E-state index in [2.05, 4.69) is 20.2 Å². The molecule has 172 valence electrons. The summed E-state index contributed by atoms with van der Waals surface area (Å²) < 4.78 is 32.2. The van der Waals surface area contributed by atoms with E-state index in [1.54, 1.807) is 29.9 Å². The number of unbranched alkanes of at least 4 members (excludes halogenated alkanes) is 1. The van der Waals surface area contributed by atoms with Gasteiger partial charge in [0.1, 0.15) is 22.6 Å². The van der Waals surface area contributed by atoms with Gasteiger partial charge in [-0.15, -0.1) is 0 Å². The highest BCUT2D eigenvalue weighted by atomic mass is 19.1. The van der Waals surface area contributed by atoms with Gasteiger partial charge in [0.15, 0.2) is 0 Å². The number of carbonyl (C=O) groups is 1. The Bertz CT molecular complexity index is 1240. The highest BCUT2D eigenvalue weighted by Crippen LogP contribution is 2.24. The first-order valence-electron chi connectivity index (χ1n) is 10.5. The molecule has 0 aliphatic rings. The Morgan fingerprint density at radius 1 is 1.09 bits per heavy atom. The summed E-state index contributed by atoms with van der Waals surface area (Å²) in [4.78, 5) is 20.8. The molecule has 0 spiro atoms. The lowest BCUT2D eigenvalue weighted by molar-refractivity contribution is 0.0526. The Morgan fingerprint density at radius 3 is 2.67 bits per heavy atom. The quantitative estimate of drug-likeness (QED) is 0.266. The molecule has 0 atom stereocenters. The molecule has 0 saturated heterocycles. The molecule has 33 heavy (non-hydrogen) atoms. The van der Waals surface area contributed by atoms with Gasteiger partial charge >= 0.3 is 5.97 Å². The molecule has 4 aromatic rings. The minimum absolute atomic E-state index is 0.252. The van der Waals surface area contributed by atoms with Gasteiger partial charge in [-0.1, -0.05) is 0 Å². The van der Waals surface area contributed by atoms with E-state index in [1.165, 1.54) is 36.3 Å². The number of benzene rings is 1. The van der Waals surface area contributed by atoms with E-state index in [9.17, 15) is 9.18 Å². The van der Waals surface area contributed by atoms with Crippen molar-refractivity contribution in [2.75, 3.05) is 20.3 Å². The Kier molecular flexibility index (Phi) is 6.77. The molecular formula is C22H23FN6O4. The fourth-order valence-electron chi connectivity index (χ4n) is 3.20. The predicted molar refractivity (Wildman–Crippen MR) is 116 cm³/mol. The summed E-state index contributed by atoms with van der Waals surface area (Å²) in [6, 6.07) is 5.94. The van der Waals surface area contributed by atoms with Crippen LogP contribution in [0.15, 0.2) is 42.9 Å². The van der Waals surface area contributed by atoms with Crippen LogP contribution < -0.4 is 9.47 Å². The van der Waals surface area contributed by atoms with Gasteiger partial charge in [-0.2, -0.15) is 15.2 Å². The van der Waals surface area contributed by atoms with E-state index < -0.39 is 5.97 Å². The number of fused-ring (bicyclic) bond motifs is 1. The summed E-state index contributed by atoms with van der Waals surface area (Å²) in [6.45, 7) is 3.13. The first kappa shape index (κ1) is 22.2. The van der Waals surface area contributed by atoms with Crippen LogP contribution >= 0.6 is 0 Å². The van der Waals surface area contributed by atoms with E-state index in [1.807, 2.05) is 0 Å².